The van der Waals surface area contributed by atoms with Gasteiger partial charge in [0.15, 0.2) is 5.43 Å². The predicted molar refractivity (Wildman–Crippen MR) is 107 cm³/mol. The zero-order valence-electron chi connectivity index (χ0n) is 15.5. The average molecular weight is 420 g/mol. The Balaban J connectivity index is 1.99. The first kappa shape index (κ1) is 19.7. The third-order valence-electron chi connectivity index (χ3n) is 5.35. The number of halogens is 2. The minimum atomic E-state index is -0.796. The van der Waals surface area contributed by atoms with Crippen LogP contribution in [0.15, 0.2) is 39.5 Å². The summed E-state index contributed by atoms with van der Waals surface area (Å²) < 4.78 is 19.3. The third-order valence-corrected chi connectivity index (χ3v) is 5.66. The van der Waals surface area contributed by atoms with Crippen LogP contribution in [-0.4, -0.2) is 46.5 Å². The van der Waals surface area contributed by atoms with Gasteiger partial charge in [-0.15, -0.1) is 0 Å². The molecule has 3 aromatic rings. The highest BCUT2D eigenvalue weighted by Crippen LogP contribution is 2.43. The lowest BCUT2D eigenvalue weighted by Crippen LogP contribution is -2.40. The van der Waals surface area contributed by atoms with Gasteiger partial charge in [0.05, 0.1) is 11.1 Å². The number of benzene rings is 2. The van der Waals surface area contributed by atoms with Gasteiger partial charge in [0, 0.05) is 35.7 Å². The van der Waals surface area contributed by atoms with Crippen LogP contribution in [0.3, 0.4) is 0 Å². The molecule has 29 heavy (non-hydrogen) atoms. The van der Waals surface area contributed by atoms with Crippen LogP contribution in [0.2, 0.25) is 5.02 Å². The molecule has 2 aromatic carbocycles. The lowest BCUT2D eigenvalue weighted by atomic mass is 9.85. The maximum atomic E-state index is 13.4. The molecule has 0 aliphatic carbocycles. The predicted octanol–water partition coefficient (Wildman–Crippen LogP) is 3.44. The largest absolute Gasteiger partial charge is 0.507 e. The molecule has 0 saturated carbocycles. The second-order valence-electron chi connectivity index (χ2n) is 7.36. The molecule has 1 saturated heterocycles. The molecule has 4 rings (SSSR count). The SMILES string of the molecule is CN1CC[C@H](c2c(O)cc(O)c3c(=O)cc(-c4ccc(F)cc4Cl)oc23)[C@H](O)C1. The highest BCUT2D eigenvalue weighted by Gasteiger charge is 2.33. The maximum absolute atomic E-state index is 13.4. The Bertz CT molecular complexity index is 1160. The topological polar surface area (TPSA) is 94.1 Å². The van der Waals surface area contributed by atoms with Crippen molar-refractivity contribution < 1.29 is 24.1 Å². The molecule has 0 amide bonds. The van der Waals surface area contributed by atoms with E-state index in [-0.39, 0.29) is 33.1 Å². The zero-order chi connectivity index (χ0) is 20.9. The Labute approximate surface area is 170 Å². The number of rotatable bonds is 2. The van der Waals surface area contributed by atoms with Gasteiger partial charge in [-0.05, 0) is 38.2 Å². The van der Waals surface area contributed by atoms with Crippen LogP contribution >= 0.6 is 11.6 Å². The second kappa shape index (κ2) is 7.33. The van der Waals surface area contributed by atoms with Gasteiger partial charge in [-0.2, -0.15) is 0 Å². The van der Waals surface area contributed by atoms with E-state index in [9.17, 15) is 24.5 Å². The normalized spacial score (nSPS) is 20.3. The molecule has 2 atom stereocenters. The van der Waals surface area contributed by atoms with Crippen LogP contribution in [-0.2, 0) is 0 Å². The lowest BCUT2D eigenvalue weighted by Gasteiger charge is -2.34. The Morgan fingerprint density at radius 1 is 1.21 bits per heavy atom. The van der Waals surface area contributed by atoms with E-state index in [1.165, 1.54) is 12.1 Å². The number of likely N-dealkylation sites (N-methyl/N-ethyl adjacent to an activating group) is 1. The number of hydrogen-bond acceptors (Lipinski definition) is 6. The van der Waals surface area contributed by atoms with E-state index < -0.39 is 29.0 Å². The number of likely N-dealkylation sites (tertiary alicyclic amines) is 1. The Morgan fingerprint density at radius 3 is 2.66 bits per heavy atom. The van der Waals surface area contributed by atoms with E-state index in [1.54, 1.807) is 0 Å². The van der Waals surface area contributed by atoms with Crippen LogP contribution in [0.25, 0.3) is 22.3 Å². The summed E-state index contributed by atoms with van der Waals surface area (Å²) in [5.41, 5.74) is 0.00200. The van der Waals surface area contributed by atoms with Crippen molar-refractivity contribution in [2.45, 2.75) is 18.4 Å². The molecule has 8 heteroatoms. The first-order chi connectivity index (χ1) is 13.8. The Morgan fingerprint density at radius 2 is 1.97 bits per heavy atom. The quantitative estimate of drug-likeness (QED) is 0.589. The number of aromatic hydroxyl groups is 2. The number of β-amino-alcohol motifs (C(OH)–C–C–N with tert-alkyl or cyclic N) is 1. The van der Waals surface area contributed by atoms with Crippen molar-refractivity contribution >= 4 is 22.6 Å². The van der Waals surface area contributed by atoms with E-state index in [4.69, 9.17) is 16.0 Å². The van der Waals surface area contributed by atoms with E-state index in [2.05, 4.69) is 0 Å². The number of aliphatic hydroxyl groups is 1. The van der Waals surface area contributed by atoms with Crippen molar-refractivity contribution in [3.05, 3.63) is 57.0 Å². The second-order valence-corrected chi connectivity index (χ2v) is 7.76. The summed E-state index contributed by atoms with van der Waals surface area (Å²) in [5, 5.41) is 31.3. The van der Waals surface area contributed by atoms with Crippen molar-refractivity contribution in [2.75, 3.05) is 20.1 Å². The molecule has 1 aliphatic heterocycles. The minimum absolute atomic E-state index is 0.0148. The van der Waals surface area contributed by atoms with Crippen LogP contribution in [0.5, 0.6) is 11.5 Å². The van der Waals surface area contributed by atoms with Gasteiger partial charge in [-0.3, -0.25) is 4.79 Å². The molecule has 0 spiro atoms. The van der Waals surface area contributed by atoms with E-state index in [1.807, 2.05) is 11.9 Å². The van der Waals surface area contributed by atoms with E-state index in [0.717, 1.165) is 18.2 Å². The number of phenols is 2. The number of fused-ring (bicyclic) bond motifs is 1. The highest BCUT2D eigenvalue weighted by atomic mass is 35.5. The smallest absolute Gasteiger partial charge is 0.197 e. The standard InChI is InChI=1S/C21H19ClFNO5/c1-24-5-4-12(17(28)9-24)19-14(25)7-15(26)20-16(27)8-18(29-21(19)20)11-3-2-10(23)6-13(11)22/h2-3,6-8,12,17,25-26,28H,4-5,9H2,1H3/t12-,17+/m0/s1. The van der Waals surface area contributed by atoms with E-state index in [0.29, 0.717) is 25.1 Å². The fraction of sp³-hybridized carbons (Fsp3) is 0.286. The first-order valence-corrected chi connectivity index (χ1v) is 9.48. The first-order valence-electron chi connectivity index (χ1n) is 9.11. The highest BCUT2D eigenvalue weighted by molar-refractivity contribution is 6.33. The molecule has 0 radical (unpaired) electrons. The number of hydrogen-bond donors (Lipinski definition) is 3. The van der Waals surface area contributed by atoms with Crippen LogP contribution in [0.1, 0.15) is 17.9 Å². The molecule has 1 fully saturated rings. The molecule has 3 N–H and O–H groups in total. The van der Waals surface area contributed by atoms with Crippen molar-refractivity contribution in [1.29, 1.82) is 0 Å². The fourth-order valence-corrected chi connectivity index (χ4v) is 4.19. The summed E-state index contributed by atoms with van der Waals surface area (Å²) in [6.45, 7) is 1.07. The van der Waals surface area contributed by atoms with Crippen molar-refractivity contribution in [3.8, 4) is 22.8 Å². The molecule has 6 nitrogen and oxygen atoms in total. The Kier molecular flexibility index (Phi) is 4.98. The average Bonchev–Trinajstić information content (AvgIpc) is 2.62. The monoisotopic (exact) mass is 419 g/mol. The van der Waals surface area contributed by atoms with Crippen LogP contribution in [0, 0.1) is 5.82 Å². The van der Waals surface area contributed by atoms with Crippen LogP contribution in [0.4, 0.5) is 4.39 Å². The molecule has 2 heterocycles. The molecule has 0 bridgehead atoms. The van der Waals surface area contributed by atoms with Gasteiger partial charge in [0.2, 0.25) is 0 Å². The summed E-state index contributed by atoms with van der Waals surface area (Å²) in [5.74, 6) is -1.65. The number of piperidine rings is 1. The minimum Gasteiger partial charge on any atom is -0.507 e. The zero-order valence-corrected chi connectivity index (χ0v) is 16.3. The molecule has 0 unspecified atom stereocenters. The van der Waals surface area contributed by atoms with Crippen molar-refractivity contribution in [3.63, 3.8) is 0 Å². The molecular weight excluding hydrogens is 401 g/mol. The van der Waals surface area contributed by atoms with E-state index >= 15 is 0 Å². The molecular formula is C21H19ClFNO5. The summed E-state index contributed by atoms with van der Waals surface area (Å²) in [7, 11) is 1.88. The van der Waals surface area contributed by atoms with Gasteiger partial charge < -0.3 is 24.6 Å². The van der Waals surface area contributed by atoms with Gasteiger partial charge >= 0.3 is 0 Å². The van der Waals surface area contributed by atoms with Gasteiger partial charge in [0.25, 0.3) is 0 Å². The number of aliphatic hydroxyl groups excluding tert-OH is 1. The summed E-state index contributed by atoms with van der Waals surface area (Å²) in [4.78, 5) is 14.7. The summed E-state index contributed by atoms with van der Waals surface area (Å²) in [6.07, 6.45) is -0.271. The van der Waals surface area contributed by atoms with Crippen LogP contribution < -0.4 is 5.43 Å². The van der Waals surface area contributed by atoms with Gasteiger partial charge in [-0.1, -0.05) is 11.6 Å². The van der Waals surface area contributed by atoms with Crippen molar-refractivity contribution in [2.24, 2.45) is 0 Å². The summed E-state index contributed by atoms with van der Waals surface area (Å²) >= 11 is 6.11. The molecule has 1 aliphatic rings. The third kappa shape index (κ3) is 3.46. The fourth-order valence-electron chi connectivity index (χ4n) is 3.93. The summed E-state index contributed by atoms with van der Waals surface area (Å²) in [6, 6.07) is 5.92. The number of phenolic OH excluding ortho intramolecular Hbond substituents is 2. The number of nitrogens with zero attached hydrogens (tertiary/aromatic N) is 1. The molecule has 152 valence electrons. The lowest BCUT2D eigenvalue weighted by molar-refractivity contribution is 0.0630. The Hall–Kier alpha value is -2.61. The maximum Gasteiger partial charge on any atom is 0.197 e. The molecule has 1 aromatic heterocycles. The van der Waals surface area contributed by atoms with Gasteiger partial charge in [-0.25, -0.2) is 4.39 Å². The van der Waals surface area contributed by atoms with Crippen molar-refractivity contribution in [1.82, 2.24) is 4.90 Å². The van der Waals surface area contributed by atoms with Gasteiger partial charge in [0.1, 0.15) is 34.0 Å².